The van der Waals surface area contributed by atoms with Crippen LogP contribution in [0.25, 0.3) is 21.8 Å². The van der Waals surface area contributed by atoms with E-state index in [0.29, 0.717) is 10.9 Å². The van der Waals surface area contributed by atoms with Crippen LogP contribution in [0, 0.1) is 0 Å². The van der Waals surface area contributed by atoms with Crippen molar-refractivity contribution >= 4 is 37.8 Å². The zero-order valence-electron chi connectivity index (χ0n) is 12.2. The summed E-state index contributed by atoms with van der Waals surface area (Å²) in [5.41, 5.74) is -0.102. The summed E-state index contributed by atoms with van der Waals surface area (Å²) in [6, 6.07) is 4.18. The first kappa shape index (κ1) is 15.3. The highest BCUT2D eigenvalue weighted by Crippen LogP contribution is 2.27. The zero-order valence-corrected chi connectivity index (χ0v) is 13.1. The maximum absolute atomic E-state index is 12.3. The molecule has 0 bridgehead atoms. The first-order valence-electron chi connectivity index (χ1n) is 6.56. The minimum absolute atomic E-state index is 0.0147. The van der Waals surface area contributed by atoms with Crippen molar-refractivity contribution < 1.29 is 18.3 Å². The number of benzene rings is 1. The monoisotopic (exact) mass is 335 g/mol. The largest absolute Gasteiger partial charge is 0.478 e. The van der Waals surface area contributed by atoms with Gasteiger partial charge in [-0.2, -0.15) is 0 Å². The normalized spacial score (nSPS) is 12.3. The van der Waals surface area contributed by atoms with Crippen LogP contribution >= 0.6 is 0 Å². The summed E-state index contributed by atoms with van der Waals surface area (Å²) in [5, 5.41) is 9.82. The molecule has 2 aromatic heterocycles. The highest BCUT2D eigenvalue weighted by molar-refractivity contribution is 7.89. The van der Waals surface area contributed by atoms with Gasteiger partial charge >= 0.3 is 5.97 Å². The Morgan fingerprint density at radius 2 is 1.96 bits per heavy atom. The van der Waals surface area contributed by atoms with Gasteiger partial charge in [0.25, 0.3) is 5.56 Å². The Kier molecular flexibility index (Phi) is 3.27. The maximum Gasteiger partial charge on any atom is 0.337 e. The molecule has 9 heteroatoms. The van der Waals surface area contributed by atoms with E-state index in [-0.39, 0.29) is 21.4 Å². The molecular weight excluding hydrogens is 322 g/mol. The molecule has 0 unspecified atom stereocenters. The number of rotatable bonds is 3. The molecule has 0 aliphatic heterocycles. The van der Waals surface area contributed by atoms with Crippen LogP contribution in [-0.4, -0.2) is 47.9 Å². The number of H-pyrrole nitrogens is 2. The van der Waals surface area contributed by atoms with Gasteiger partial charge in [0.1, 0.15) is 5.52 Å². The zero-order chi connectivity index (χ0) is 16.9. The van der Waals surface area contributed by atoms with E-state index in [1.54, 1.807) is 0 Å². The third-order valence-electron chi connectivity index (χ3n) is 3.62. The molecule has 0 atom stereocenters. The summed E-state index contributed by atoms with van der Waals surface area (Å²) in [4.78, 5) is 28.6. The van der Waals surface area contributed by atoms with E-state index < -0.39 is 21.6 Å². The van der Waals surface area contributed by atoms with E-state index in [0.717, 1.165) is 4.31 Å². The Hall–Kier alpha value is -2.65. The van der Waals surface area contributed by atoms with Crippen molar-refractivity contribution in [2.45, 2.75) is 4.90 Å². The summed E-state index contributed by atoms with van der Waals surface area (Å²) < 4.78 is 25.6. The molecule has 0 aliphatic carbocycles. The molecule has 1 aromatic carbocycles. The van der Waals surface area contributed by atoms with Gasteiger partial charge in [-0.3, -0.25) is 4.79 Å². The first-order chi connectivity index (χ1) is 10.7. The number of aromatic amines is 2. The molecule has 3 rings (SSSR count). The predicted molar refractivity (Wildman–Crippen MR) is 84.3 cm³/mol. The second-order valence-corrected chi connectivity index (χ2v) is 7.36. The number of pyridine rings is 1. The number of hydrogen-bond acceptors (Lipinski definition) is 4. The Morgan fingerprint density at radius 1 is 1.26 bits per heavy atom. The van der Waals surface area contributed by atoms with Crippen LogP contribution < -0.4 is 5.56 Å². The molecular formula is C14H13N3O5S. The Bertz CT molecular complexity index is 1110. The quantitative estimate of drug-likeness (QED) is 0.658. The highest BCUT2D eigenvalue weighted by atomic mass is 32.2. The average Bonchev–Trinajstić information content (AvgIpc) is 2.92. The highest BCUT2D eigenvalue weighted by Gasteiger charge is 2.21. The van der Waals surface area contributed by atoms with Crippen molar-refractivity contribution in [2.75, 3.05) is 14.1 Å². The van der Waals surface area contributed by atoms with Crippen molar-refractivity contribution in [3.63, 3.8) is 0 Å². The lowest BCUT2D eigenvalue weighted by atomic mass is 10.1. The van der Waals surface area contributed by atoms with Gasteiger partial charge < -0.3 is 15.1 Å². The maximum atomic E-state index is 12.3. The third-order valence-corrected chi connectivity index (χ3v) is 5.44. The Morgan fingerprint density at radius 3 is 2.57 bits per heavy atom. The number of carbonyl (C=O) groups is 1. The SMILES string of the molecule is CN(C)S(=O)(=O)c1ccc2[nH]c(=O)c3[nH]cc(C(=O)O)c3c2c1. The molecule has 0 radical (unpaired) electrons. The number of aromatic nitrogens is 2. The summed E-state index contributed by atoms with van der Waals surface area (Å²) in [6.45, 7) is 0. The molecule has 0 fully saturated rings. The van der Waals surface area contributed by atoms with Gasteiger partial charge in [-0.25, -0.2) is 17.5 Å². The topological polar surface area (TPSA) is 123 Å². The Labute approximate surface area is 130 Å². The van der Waals surface area contributed by atoms with Crippen LogP contribution in [0.4, 0.5) is 0 Å². The molecule has 0 amide bonds. The molecule has 0 aliphatic rings. The van der Waals surface area contributed by atoms with E-state index in [9.17, 15) is 23.1 Å². The van der Waals surface area contributed by atoms with Gasteiger partial charge in [0.15, 0.2) is 0 Å². The summed E-state index contributed by atoms with van der Waals surface area (Å²) in [5.74, 6) is -1.20. The predicted octanol–water partition coefficient (Wildman–Crippen LogP) is 0.958. The molecule has 0 saturated heterocycles. The third kappa shape index (κ3) is 2.21. The van der Waals surface area contributed by atoms with Crippen molar-refractivity contribution in [3.8, 4) is 0 Å². The minimum atomic E-state index is -3.68. The fraction of sp³-hybridized carbons (Fsp3) is 0.143. The number of fused-ring (bicyclic) bond motifs is 3. The summed E-state index contributed by atoms with van der Waals surface area (Å²) >= 11 is 0. The fourth-order valence-corrected chi connectivity index (χ4v) is 3.37. The number of carboxylic acid groups (broad SMARTS) is 1. The van der Waals surface area contributed by atoms with Gasteiger partial charge in [-0.1, -0.05) is 0 Å². The molecule has 0 spiro atoms. The number of sulfonamides is 1. The lowest BCUT2D eigenvalue weighted by molar-refractivity contribution is 0.0699. The van der Waals surface area contributed by atoms with Crippen molar-refractivity contribution in [2.24, 2.45) is 0 Å². The van der Waals surface area contributed by atoms with Gasteiger partial charge in [0, 0.05) is 36.6 Å². The molecule has 2 heterocycles. The standard InChI is InChI=1S/C14H13N3O5S/c1-17(2)23(21,22)7-3-4-10-8(5-7)11-9(14(19)20)6-15-12(11)13(18)16-10/h3-6,15H,1-2H3,(H,16,18)(H,19,20). The van der Waals surface area contributed by atoms with Crippen LogP contribution in [-0.2, 0) is 10.0 Å². The van der Waals surface area contributed by atoms with Crippen molar-refractivity contribution in [1.82, 2.24) is 14.3 Å². The van der Waals surface area contributed by atoms with E-state index in [1.807, 2.05) is 0 Å². The lowest BCUT2D eigenvalue weighted by Gasteiger charge is -2.12. The number of carboxylic acids is 1. The van der Waals surface area contributed by atoms with E-state index in [2.05, 4.69) is 9.97 Å². The van der Waals surface area contributed by atoms with Crippen LogP contribution in [0.1, 0.15) is 10.4 Å². The molecule has 120 valence electrons. The van der Waals surface area contributed by atoms with Crippen LogP contribution in [0.3, 0.4) is 0 Å². The summed E-state index contributed by atoms with van der Waals surface area (Å²) in [7, 11) is -0.872. The second kappa shape index (κ2) is 4.93. The fourth-order valence-electron chi connectivity index (χ4n) is 2.45. The van der Waals surface area contributed by atoms with Crippen LogP contribution in [0.5, 0.6) is 0 Å². The van der Waals surface area contributed by atoms with Gasteiger partial charge in [-0.15, -0.1) is 0 Å². The van der Waals surface area contributed by atoms with Gasteiger partial charge in [-0.05, 0) is 18.2 Å². The second-order valence-electron chi connectivity index (χ2n) is 5.21. The number of hydrogen-bond donors (Lipinski definition) is 3. The van der Waals surface area contributed by atoms with Crippen molar-refractivity contribution in [3.05, 3.63) is 40.3 Å². The van der Waals surface area contributed by atoms with E-state index >= 15 is 0 Å². The van der Waals surface area contributed by atoms with Crippen LogP contribution in [0.15, 0.2) is 34.1 Å². The minimum Gasteiger partial charge on any atom is -0.478 e. The Balaban J connectivity index is 2.49. The first-order valence-corrected chi connectivity index (χ1v) is 8.00. The van der Waals surface area contributed by atoms with Gasteiger partial charge in [0.05, 0.1) is 10.5 Å². The molecule has 8 nitrogen and oxygen atoms in total. The van der Waals surface area contributed by atoms with Crippen LogP contribution in [0.2, 0.25) is 0 Å². The smallest absolute Gasteiger partial charge is 0.337 e. The van der Waals surface area contributed by atoms with Gasteiger partial charge in [0.2, 0.25) is 10.0 Å². The summed E-state index contributed by atoms with van der Waals surface area (Å²) in [6.07, 6.45) is 1.22. The number of aromatic carboxylic acids is 1. The molecule has 3 aromatic rings. The number of nitrogens with zero attached hydrogens (tertiary/aromatic N) is 1. The average molecular weight is 335 g/mol. The molecule has 23 heavy (non-hydrogen) atoms. The number of nitrogens with one attached hydrogen (secondary N) is 2. The van der Waals surface area contributed by atoms with Crippen molar-refractivity contribution in [1.29, 1.82) is 0 Å². The lowest BCUT2D eigenvalue weighted by Crippen LogP contribution is -2.22. The van der Waals surface area contributed by atoms with E-state index in [1.165, 1.54) is 38.5 Å². The van der Waals surface area contributed by atoms with E-state index in [4.69, 9.17) is 0 Å². The molecule has 3 N–H and O–H groups in total. The molecule has 0 saturated carbocycles.